The van der Waals surface area contributed by atoms with Gasteiger partial charge in [0.1, 0.15) is 4.83 Å². The predicted molar refractivity (Wildman–Crippen MR) is 124 cm³/mol. The average molecular weight is 480 g/mol. The zero-order valence-corrected chi connectivity index (χ0v) is 19.4. The van der Waals surface area contributed by atoms with Gasteiger partial charge in [-0.1, -0.05) is 29.3 Å². The van der Waals surface area contributed by atoms with Crippen LogP contribution in [0, 0.1) is 12.8 Å². The van der Waals surface area contributed by atoms with E-state index in [4.69, 9.17) is 28.9 Å². The van der Waals surface area contributed by atoms with Crippen LogP contribution in [-0.2, 0) is 6.54 Å². The normalized spacial score (nSPS) is 14.9. The summed E-state index contributed by atoms with van der Waals surface area (Å²) in [6.07, 6.45) is 1.69. The summed E-state index contributed by atoms with van der Waals surface area (Å²) in [6, 6.07) is 6.85. The van der Waals surface area contributed by atoms with Gasteiger partial charge in [-0.05, 0) is 49.4 Å². The Morgan fingerprint density at radius 1 is 1.26 bits per heavy atom. The molecule has 2 aromatic heterocycles. The Hall–Kier alpha value is -2.29. The first-order valence-electron chi connectivity index (χ1n) is 10.0. The number of halogens is 2. The fourth-order valence-electron chi connectivity index (χ4n) is 3.88. The lowest BCUT2D eigenvalue weighted by atomic mass is 9.96. The number of carbonyl (C=O) groups is 2. The molecule has 3 heterocycles. The van der Waals surface area contributed by atoms with E-state index in [1.54, 1.807) is 6.07 Å². The standard InChI is InChI=1S/C21H23Cl2N5O2S/c1-12-16-9-18(19(29)27-6-4-13(5-7-27)10-25-21(24)30)31-20(16)28(26-12)11-14-2-3-15(22)8-17(14)23/h2-3,8-9,13H,4-7,10-11H2,1H3,(H3,24,25,30). The molecule has 3 amide bonds. The number of thiophene rings is 1. The van der Waals surface area contributed by atoms with Gasteiger partial charge in [-0.15, -0.1) is 11.3 Å². The Labute approximate surface area is 194 Å². The van der Waals surface area contributed by atoms with Crippen molar-refractivity contribution in [2.45, 2.75) is 26.3 Å². The number of aromatic nitrogens is 2. The zero-order valence-electron chi connectivity index (χ0n) is 17.0. The summed E-state index contributed by atoms with van der Waals surface area (Å²) < 4.78 is 1.89. The molecule has 1 saturated heterocycles. The van der Waals surface area contributed by atoms with Gasteiger partial charge in [0, 0.05) is 35.1 Å². The molecule has 164 valence electrons. The number of hydrogen-bond acceptors (Lipinski definition) is 4. The van der Waals surface area contributed by atoms with Crippen LogP contribution in [0.5, 0.6) is 0 Å². The first kappa shape index (κ1) is 21.9. The van der Waals surface area contributed by atoms with Crippen LogP contribution in [0.4, 0.5) is 4.79 Å². The van der Waals surface area contributed by atoms with E-state index in [2.05, 4.69) is 10.4 Å². The van der Waals surface area contributed by atoms with E-state index in [-0.39, 0.29) is 5.91 Å². The molecule has 3 N–H and O–H groups in total. The molecule has 4 rings (SSSR count). The summed E-state index contributed by atoms with van der Waals surface area (Å²) in [7, 11) is 0. The third-order valence-electron chi connectivity index (χ3n) is 5.62. The Kier molecular flexibility index (Phi) is 6.41. The first-order valence-corrected chi connectivity index (χ1v) is 11.6. The number of aryl methyl sites for hydroxylation is 1. The van der Waals surface area contributed by atoms with Gasteiger partial charge in [0.15, 0.2) is 0 Å². The molecule has 1 fully saturated rings. The van der Waals surface area contributed by atoms with Crippen LogP contribution in [0.1, 0.15) is 33.8 Å². The van der Waals surface area contributed by atoms with Gasteiger partial charge in [-0.3, -0.25) is 9.48 Å². The largest absolute Gasteiger partial charge is 0.352 e. The minimum atomic E-state index is -0.506. The lowest BCUT2D eigenvalue weighted by molar-refractivity contribution is 0.0695. The Balaban J connectivity index is 1.49. The van der Waals surface area contributed by atoms with E-state index in [1.807, 2.05) is 34.7 Å². The van der Waals surface area contributed by atoms with Crippen LogP contribution in [0.25, 0.3) is 10.2 Å². The molecule has 1 aromatic carbocycles. The Morgan fingerprint density at radius 3 is 2.68 bits per heavy atom. The molecule has 1 aliphatic rings. The molecule has 3 aromatic rings. The lowest BCUT2D eigenvalue weighted by Gasteiger charge is -2.31. The number of carbonyl (C=O) groups excluding carboxylic acids is 2. The molecule has 1 aliphatic heterocycles. The third kappa shape index (κ3) is 4.81. The third-order valence-corrected chi connectivity index (χ3v) is 7.34. The lowest BCUT2D eigenvalue weighted by Crippen LogP contribution is -2.42. The minimum absolute atomic E-state index is 0.0398. The molecule has 0 spiro atoms. The van der Waals surface area contributed by atoms with E-state index >= 15 is 0 Å². The highest BCUT2D eigenvalue weighted by Crippen LogP contribution is 2.31. The number of nitrogens with one attached hydrogen (secondary N) is 1. The van der Waals surface area contributed by atoms with E-state index < -0.39 is 6.03 Å². The van der Waals surface area contributed by atoms with Crippen molar-refractivity contribution in [1.82, 2.24) is 20.0 Å². The highest BCUT2D eigenvalue weighted by Gasteiger charge is 2.26. The van der Waals surface area contributed by atoms with Crippen LogP contribution in [0.2, 0.25) is 10.0 Å². The van der Waals surface area contributed by atoms with Gasteiger partial charge in [0.25, 0.3) is 5.91 Å². The summed E-state index contributed by atoms with van der Waals surface area (Å²) in [4.78, 5) is 27.5. The minimum Gasteiger partial charge on any atom is -0.352 e. The predicted octanol–water partition coefficient (Wildman–Crippen LogP) is 4.28. The van der Waals surface area contributed by atoms with Gasteiger partial charge >= 0.3 is 6.03 Å². The monoisotopic (exact) mass is 479 g/mol. The number of urea groups is 1. The Bertz CT molecular complexity index is 1130. The Morgan fingerprint density at radius 2 is 2.00 bits per heavy atom. The number of primary amides is 1. The fraction of sp³-hybridized carbons (Fsp3) is 0.381. The quantitative estimate of drug-likeness (QED) is 0.571. The number of rotatable bonds is 5. The second-order valence-electron chi connectivity index (χ2n) is 7.79. The highest BCUT2D eigenvalue weighted by atomic mass is 35.5. The van der Waals surface area contributed by atoms with Gasteiger partial charge in [0.2, 0.25) is 0 Å². The number of benzene rings is 1. The summed E-state index contributed by atoms with van der Waals surface area (Å²) in [5, 5.41) is 9.46. The van der Waals surface area contributed by atoms with Crippen LogP contribution in [0.15, 0.2) is 24.3 Å². The molecular weight excluding hydrogens is 457 g/mol. The van der Waals surface area contributed by atoms with Gasteiger partial charge in [0.05, 0.1) is 17.1 Å². The number of hydrogen-bond donors (Lipinski definition) is 2. The molecular formula is C21H23Cl2N5O2S. The highest BCUT2D eigenvalue weighted by molar-refractivity contribution is 7.20. The van der Waals surface area contributed by atoms with Crippen molar-refractivity contribution in [2.24, 2.45) is 11.7 Å². The number of piperidine rings is 1. The smallest absolute Gasteiger partial charge is 0.312 e. The second-order valence-corrected chi connectivity index (χ2v) is 9.66. The summed E-state index contributed by atoms with van der Waals surface area (Å²) in [5.41, 5.74) is 6.94. The van der Waals surface area contributed by atoms with E-state index in [9.17, 15) is 9.59 Å². The van der Waals surface area contributed by atoms with Crippen molar-refractivity contribution < 1.29 is 9.59 Å². The maximum Gasteiger partial charge on any atom is 0.312 e. The molecule has 7 nitrogen and oxygen atoms in total. The zero-order chi connectivity index (χ0) is 22.1. The number of nitrogens with two attached hydrogens (primary N) is 1. The van der Waals surface area contributed by atoms with Crippen molar-refractivity contribution in [3.63, 3.8) is 0 Å². The van der Waals surface area contributed by atoms with Crippen molar-refractivity contribution in [2.75, 3.05) is 19.6 Å². The van der Waals surface area contributed by atoms with Crippen LogP contribution >= 0.6 is 34.5 Å². The molecule has 0 aliphatic carbocycles. The average Bonchev–Trinajstić information content (AvgIpc) is 3.29. The van der Waals surface area contributed by atoms with Crippen molar-refractivity contribution in [3.05, 3.63) is 50.4 Å². The van der Waals surface area contributed by atoms with E-state index in [0.29, 0.717) is 47.0 Å². The maximum absolute atomic E-state index is 13.1. The van der Waals surface area contributed by atoms with Gasteiger partial charge < -0.3 is 16.0 Å². The number of amides is 3. The molecule has 10 heteroatoms. The fourth-order valence-corrected chi connectivity index (χ4v) is 5.47. The first-order chi connectivity index (χ1) is 14.8. The number of likely N-dealkylation sites (tertiary alicyclic amines) is 1. The van der Waals surface area contributed by atoms with Gasteiger partial charge in [-0.25, -0.2) is 4.79 Å². The van der Waals surface area contributed by atoms with Gasteiger partial charge in [-0.2, -0.15) is 5.10 Å². The van der Waals surface area contributed by atoms with Crippen LogP contribution < -0.4 is 11.1 Å². The molecule has 0 unspecified atom stereocenters. The summed E-state index contributed by atoms with van der Waals surface area (Å²) in [6.45, 7) is 4.35. The van der Waals surface area contributed by atoms with Crippen LogP contribution in [0.3, 0.4) is 0 Å². The summed E-state index contributed by atoms with van der Waals surface area (Å²) in [5.74, 6) is 0.386. The SMILES string of the molecule is Cc1nn(Cc2ccc(Cl)cc2Cl)c2sc(C(=O)N3CCC(CNC(N)=O)CC3)cc12. The number of nitrogens with zero attached hydrogens (tertiary/aromatic N) is 3. The maximum atomic E-state index is 13.1. The van der Waals surface area contributed by atoms with Crippen LogP contribution in [-0.4, -0.2) is 46.3 Å². The molecule has 0 saturated carbocycles. The molecule has 31 heavy (non-hydrogen) atoms. The van der Waals surface area contributed by atoms with E-state index in [0.717, 1.165) is 34.3 Å². The number of fused-ring (bicyclic) bond motifs is 1. The topological polar surface area (TPSA) is 93.2 Å². The summed E-state index contributed by atoms with van der Waals surface area (Å²) >= 11 is 13.8. The molecule has 0 bridgehead atoms. The van der Waals surface area contributed by atoms with Crippen molar-refractivity contribution in [1.29, 1.82) is 0 Å². The molecule has 0 radical (unpaired) electrons. The molecule has 0 atom stereocenters. The second kappa shape index (κ2) is 9.06. The van der Waals surface area contributed by atoms with Crippen molar-refractivity contribution >= 4 is 56.7 Å². The van der Waals surface area contributed by atoms with E-state index in [1.165, 1.54) is 11.3 Å². The van der Waals surface area contributed by atoms with Crippen molar-refractivity contribution in [3.8, 4) is 0 Å².